The van der Waals surface area contributed by atoms with E-state index in [0.29, 0.717) is 16.4 Å². The fraction of sp³-hybridized carbons (Fsp3) is 0.292. The van der Waals surface area contributed by atoms with Crippen molar-refractivity contribution in [3.05, 3.63) is 77.7 Å². The van der Waals surface area contributed by atoms with E-state index in [2.05, 4.69) is 26.7 Å². The number of carbonyl (C=O) groups is 1. The monoisotopic (exact) mass is 462 g/mol. The van der Waals surface area contributed by atoms with Crippen molar-refractivity contribution in [2.45, 2.75) is 19.1 Å². The lowest BCUT2D eigenvalue weighted by atomic mass is 10.1. The zero-order chi connectivity index (χ0) is 22.6. The molecule has 33 heavy (non-hydrogen) atoms. The van der Waals surface area contributed by atoms with Gasteiger partial charge in [-0.05, 0) is 42.8 Å². The summed E-state index contributed by atoms with van der Waals surface area (Å²) in [6.07, 6.45) is 12.5. The van der Waals surface area contributed by atoms with Crippen LogP contribution in [-0.4, -0.2) is 63.5 Å². The Hall–Kier alpha value is -3.14. The molecule has 0 bridgehead atoms. The second-order valence-corrected chi connectivity index (χ2v) is 8.94. The van der Waals surface area contributed by atoms with Gasteiger partial charge in [-0.1, -0.05) is 36.4 Å². The van der Waals surface area contributed by atoms with E-state index in [-0.39, 0.29) is 5.91 Å². The Kier molecular flexibility index (Phi) is 6.43. The van der Waals surface area contributed by atoms with E-state index >= 15 is 0 Å². The molecule has 0 radical (unpaired) electrons. The molecule has 170 valence electrons. The molecule has 4 aliphatic rings. The van der Waals surface area contributed by atoms with Gasteiger partial charge in [0, 0.05) is 49.1 Å². The number of aliphatic hydroxyl groups is 1. The normalized spacial score (nSPS) is 22.5. The van der Waals surface area contributed by atoms with Crippen molar-refractivity contribution in [3.8, 4) is 0 Å². The number of hydrazone groups is 1. The van der Waals surface area contributed by atoms with Gasteiger partial charge in [0.15, 0.2) is 11.4 Å². The Morgan fingerprint density at radius 1 is 1.21 bits per heavy atom. The molecule has 8 nitrogen and oxygen atoms in total. The van der Waals surface area contributed by atoms with Crippen LogP contribution < -0.4 is 10.6 Å². The molecule has 0 spiro atoms. The van der Waals surface area contributed by atoms with Crippen LogP contribution in [0.2, 0.25) is 0 Å². The van der Waals surface area contributed by atoms with Gasteiger partial charge in [0.1, 0.15) is 10.9 Å². The molecule has 1 aromatic rings. The molecular weight excluding hydrogens is 436 g/mol. The van der Waals surface area contributed by atoms with Crippen molar-refractivity contribution >= 4 is 33.6 Å². The van der Waals surface area contributed by atoms with Crippen LogP contribution in [0, 0.1) is 0 Å². The molecule has 1 fully saturated rings. The number of amides is 1. The number of amidine groups is 1. The van der Waals surface area contributed by atoms with Gasteiger partial charge < -0.3 is 20.6 Å². The highest BCUT2D eigenvalue weighted by Crippen LogP contribution is 2.32. The van der Waals surface area contributed by atoms with Crippen molar-refractivity contribution < 1.29 is 9.90 Å². The topological polar surface area (TPSA) is 92.6 Å². The van der Waals surface area contributed by atoms with Crippen LogP contribution in [0.1, 0.15) is 18.4 Å². The Labute approximate surface area is 197 Å². The molecule has 3 aliphatic heterocycles. The highest BCUT2D eigenvalue weighted by Gasteiger charge is 2.33. The van der Waals surface area contributed by atoms with Crippen LogP contribution in [0.5, 0.6) is 0 Å². The Bertz CT molecular complexity index is 1110. The molecule has 1 unspecified atom stereocenters. The number of benzene rings is 1. The van der Waals surface area contributed by atoms with Crippen LogP contribution in [0.4, 0.5) is 5.69 Å². The molecule has 1 aromatic carbocycles. The number of piperazine rings is 1. The second kappa shape index (κ2) is 9.78. The highest BCUT2D eigenvalue weighted by atomic mass is 32.2. The average Bonchev–Trinajstić information content (AvgIpc) is 3.25. The number of hydrogen-bond acceptors (Lipinski definition) is 8. The maximum absolute atomic E-state index is 12.7. The van der Waals surface area contributed by atoms with E-state index < -0.39 is 6.23 Å². The third kappa shape index (κ3) is 4.95. The van der Waals surface area contributed by atoms with E-state index in [1.807, 2.05) is 48.6 Å². The van der Waals surface area contributed by atoms with E-state index in [4.69, 9.17) is 4.99 Å². The number of rotatable bonds is 4. The fourth-order valence-electron chi connectivity index (χ4n) is 3.88. The van der Waals surface area contributed by atoms with Crippen LogP contribution in [0.25, 0.3) is 0 Å². The average molecular weight is 463 g/mol. The molecule has 1 atom stereocenters. The number of hydrogen-bond donors (Lipinski definition) is 3. The highest BCUT2D eigenvalue weighted by molar-refractivity contribution is 8.27. The first-order valence-corrected chi connectivity index (χ1v) is 11.9. The lowest BCUT2D eigenvalue weighted by molar-refractivity contribution is -0.112. The number of carbonyl (C=O) groups excluding carboxylic acids is 1. The molecule has 9 heteroatoms. The van der Waals surface area contributed by atoms with E-state index in [1.54, 1.807) is 6.08 Å². The van der Waals surface area contributed by atoms with E-state index in [9.17, 15) is 9.90 Å². The quantitative estimate of drug-likeness (QED) is 0.637. The Balaban J connectivity index is 1.31. The summed E-state index contributed by atoms with van der Waals surface area (Å²) in [7, 11) is 0. The van der Waals surface area contributed by atoms with Crippen molar-refractivity contribution in [1.82, 2.24) is 15.2 Å². The number of nitrogens with one attached hydrogen (secondary N) is 2. The smallest absolute Gasteiger partial charge is 0.255 e. The van der Waals surface area contributed by atoms with E-state index in [0.717, 1.165) is 55.4 Å². The zero-order valence-corrected chi connectivity index (χ0v) is 19.0. The summed E-state index contributed by atoms with van der Waals surface area (Å²) in [6.45, 7) is 3.52. The first-order valence-electron chi connectivity index (χ1n) is 11.1. The number of allylic oxidation sites excluding steroid dienone is 4. The predicted octanol–water partition coefficient (Wildman–Crippen LogP) is 2.60. The lowest BCUT2D eigenvalue weighted by Crippen LogP contribution is -2.44. The largest absolute Gasteiger partial charge is 0.368 e. The first-order chi connectivity index (χ1) is 16.2. The van der Waals surface area contributed by atoms with Gasteiger partial charge in [-0.25, -0.2) is 10.0 Å². The number of aliphatic imine (C=N–C) groups is 1. The summed E-state index contributed by atoms with van der Waals surface area (Å²) in [5.41, 5.74) is 2.16. The summed E-state index contributed by atoms with van der Waals surface area (Å²) in [5.74, 6) is 0.632. The van der Waals surface area contributed by atoms with Gasteiger partial charge >= 0.3 is 0 Å². The third-order valence-electron chi connectivity index (χ3n) is 5.62. The molecule has 3 heterocycles. The number of thioether (sulfide) groups is 1. The van der Waals surface area contributed by atoms with Gasteiger partial charge in [0.25, 0.3) is 5.91 Å². The van der Waals surface area contributed by atoms with Crippen molar-refractivity contribution in [1.29, 1.82) is 0 Å². The van der Waals surface area contributed by atoms with Gasteiger partial charge in [-0.3, -0.25) is 4.79 Å². The Morgan fingerprint density at radius 3 is 2.94 bits per heavy atom. The number of nitrogens with zero attached hydrogens (tertiary/aromatic N) is 4. The van der Waals surface area contributed by atoms with Crippen molar-refractivity contribution in [3.63, 3.8) is 0 Å². The maximum Gasteiger partial charge on any atom is 0.255 e. The van der Waals surface area contributed by atoms with Gasteiger partial charge in [-0.15, -0.1) is 0 Å². The minimum atomic E-state index is -0.860. The van der Waals surface area contributed by atoms with Crippen molar-refractivity contribution in [2.24, 2.45) is 10.1 Å². The van der Waals surface area contributed by atoms with Crippen LogP contribution in [-0.2, 0) is 4.79 Å². The minimum absolute atomic E-state index is 0.155. The lowest BCUT2D eigenvalue weighted by Gasteiger charge is -2.33. The van der Waals surface area contributed by atoms with Crippen LogP contribution in [0.3, 0.4) is 0 Å². The molecule has 1 amide bonds. The van der Waals surface area contributed by atoms with Gasteiger partial charge in [0.2, 0.25) is 0 Å². The summed E-state index contributed by atoms with van der Waals surface area (Å²) < 4.78 is 0. The molecule has 1 aliphatic carbocycles. The van der Waals surface area contributed by atoms with Crippen molar-refractivity contribution in [2.75, 3.05) is 31.5 Å². The molecule has 0 saturated carbocycles. The molecule has 0 aromatic heterocycles. The fourth-order valence-corrected chi connectivity index (χ4v) is 4.81. The second-order valence-electron chi connectivity index (χ2n) is 7.99. The summed E-state index contributed by atoms with van der Waals surface area (Å²) in [6, 6.07) is 7.57. The molecule has 3 N–H and O–H groups in total. The predicted molar refractivity (Wildman–Crippen MR) is 133 cm³/mol. The van der Waals surface area contributed by atoms with Gasteiger partial charge in [0.05, 0.1) is 0 Å². The number of aliphatic hydroxyl groups excluding tert-OH is 1. The third-order valence-corrected chi connectivity index (χ3v) is 6.59. The summed E-state index contributed by atoms with van der Waals surface area (Å²) >= 11 is 1.42. The Morgan fingerprint density at radius 2 is 2.06 bits per heavy atom. The summed E-state index contributed by atoms with van der Waals surface area (Å²) in [5, 5.41) is 24.4. The first kappa shape index (κ1) is 21.7. The standard InChI is InChI=1S/C24H26N6O2S/c31-21-16-20(29-13-11-25-12-14-29)27-24-30(21)28-23(33-24)18-9-6-10-19(15-18)26-22(32)17-7-4-2-1-3-5-8-17/h2,4-10,15-16,21,25,31H,1,3,11-14H2,(H,26,32). The molecule has 1 saturated heterocycles. The van der Waals surface area contributed by atoms with Crippen LogP contribution in [0.15, 0.2) is 82.2 Å². The molecule has 5 rings (SSSR count). The minimum Gasteiger partial charge on any atom is -0.368 e. The van der Waals surface area contributed by atoms with E-state index in [1.165, 1.54) is 16.8 Å². The molecular formula is C24H26N6O2S. The zero-order valence-electron chi connectivity index (χ0n) is 18.1. The number of anilines is 1. The number of fused-ring (bicyclic) bond motifs is 1. The van der Waals surface area contributed by atoms with Gasteiger partial charge in [-0.2, -0.15) is 5.10 Å². The van der Waals surface area contributed by atoms with Crippen LogP contribution >= 0.6 is 11.8 Å². The maximum atomic E-state index is 12.7. The summed E-state index contributed by atoms with van der Waals surface area (Å²) in [4.78, 5) is 19.6. The SMILES string of the molecule is O=C(Nc1cccc(C2=NN3C(=NC(N4CCNCC4)=CC3O)S2)c1)C1=CC=CCCC=C1.